The lowest BCUT2D eigenvalue weighted by molar-refractivity contribution is -0.117. The molecular formula is C14H17NO3S. The van der Waals surface area contributed by atoms with Crippen LogP contribution < -0.4 is 4.90 Å². The molecule has 0 unspecified atom stereocenters. The van der Waals surface area contributed by atoms with E-state index in [0.717, 1.165) is 16.8 Å². The molecule has 4 nitrogen and oxygen atoms in total. The van der Waals surface area contributed by atoms with E-state index in [0.29, 0.717) is 6.42 Å². The van der Waals surface area contributed by atoms with E-state index in [1.54, 1.807) is 4.90 Å². The van der Waals surface area contributed by atoms with Gasteiger partial charge in [0, 0.05) is 18.0 Å². The van der Waals surface area contributed by atoms with Gasteiger partial charge in [-0.1, -0.05) is 12.1 Å². The molecule has 2 atom stereocenters. The molecule has 2 fully saturated rings. The zero-order valence-electron chi connectivity index (χ0n) is 11.1. The molecule has 1 aromatic rings. The number of benzene rings is 1. The number of anilines is 1. The van der Waals surface area contributed by atoms with Gasteiger partial charge in [-0.25, -0.2) is 8.42 Å². The van der Waals surface area contributed by atoms with Crippen molar-refractivity contribution in [2.24, 2.45) is 5.92 Å². The third-order valence-electron chi connectivity index (χ3n) is 4.31. The zero-order valence-corrected chi connectivity index (χ0v) is 11.9. The third-order valence-corrected chi connectivity index (χ3v) is 6.09. The van der Waals surface area contributed by atoms with E-state index < -0.39 is 9.84 Å². The highest BCUT2D eigenvalue weighted by atomic mass is 32.2. The second-order valence-electron chi connectivity index (χ2n) is 5.59. The molecule has 0 bridgehead atoms. The summed E-state index contributed by atoms with van der Waals surface area (Å²) in [4.78, 5) is 13.9. The number of hydrogen-bond donors (Lipinski definition) is 0. The second kappa shape index (κ2) is 4.07. The predicted molar refractivity (Wildman–Crippen MR) is 74.0 cm³/mol. The lowest BCUT2D eigenvalue weighted by atomic mass is 10.0. The van der Waals surface area contributed by atoms with Crippen LogP contribution in [0.1, 0.15) is 17.5 Å². The van der Waals surface area contributed by atoms with Gasteiger partial charge in [0.25, 0.3) is 0 Å². The maximum absolute atomic E-state index is 12.2. The Bertz CT molecular complexity index is 651. The Labute approximate surface area is 113 Å². The number of rotatable bonds is 1. The summed E-state index contributed by atoms with van der Waals surface area (Å²) in [7, 11) is -2.99. The van der Waals surface area contributed by atoms with Gasteiger partial charge in [0.15, 0.2) is 9.84 Å². The fraction of sp³-hybridized carbons (Fsp3) is 0.500. The van der Waals surface area contributed by atoms with Crippen LogP contribution in [-0.2, 0) is 14.6 Å². The fourth-order valence-electron chi connectivity index (χ4n) is 3.20. The van der Waals surface area contributed by atoms with E-state index in [1.807, 2.05) is 32.0 Å². The number of nitrogens with zero attached hydrogens (tertiary/aromatic N) is 1. The molecule has 0 N–H and O–H groups in total. The van der Waals surface area contributed by atoms with Gasteiger partial charge in [-0.3, -0.25) is 4.79 Å². The quantitative estimate of drug-likeness (QED) is 0.782. The van der Waals surface area contributed by atoms with E-state index in [-0.39, 0.29) is 29.4 Å². The van der Waals surface area contributed by atoms with Crippen molar-refractivity contribution in [3.8, 4) is 0 Å². The molecule has 0 aromatic heterocycles. The summed E-state index contributed by atoms with van der Waals surface area (Å²) in [5.74, 6) is 0.290. The standard InChI is InChI=1S/C14H17NO3S/c1-9-4-3-5-12(10(9)2)15-13-8-19(17,18)7-11(13)6-14(15)16/h3-5,11,13H,6-8H2,1-2H3/t11-,13-/m1/s1. The zero-order chi connectivity index (χ0) is 13.8. The molecule has 0 radical (unpaired) electrons. The van der Waals surface area contributed by atoms with Crippen LogP contribution in [0.15, 0.2) is 18.2 Å². The van der Waals surface area contributed by atoms with Crippen LogP contribution in [0.2, 0.25) is 0 Å². The summed E-state index contributed by atoms with van der Waals surface area (Å²) in [5.41, 5.74) is 3.05. The van der Waals surface area contributed by atoms with Gasteiger partial charge < -0.3 is 4.90 Å². The van der Waals surface area contributed by atoms with Gasteiger partial charge >= 0.3 is 0 Å². The average Bonchev–Trinajstić information content (AvgIpc) is 2.73. The van der Waals surface area contributed by atoms with Crippen molar-refractivity contribution in [2.45, 2.75) is 26.3 Å². The molecule has 5 heteroatoms. The van der Waals surface area contributed by atoms with Gasteiger partial charge in [-0.15, -0.1) is 0 Å². The second-order valence-corrected chi connectivity index (χ2v) is 7.75. The summed E-state index contributed by atoms with van der Waals surface area (Å²) in [6, 6.07) is 5.66. The first kappa shape index (κ1) is 12.7. The van der Waals surface area contributed by atoms with E-state index in [4.69, 9.17) is 0 Å². The maximum atomic E-state index is 12.2. The molecule has 0 aliphatic carbocycles. The minimum Gasteiger partial charge on any atom is -0.308 e. The van der Waals surface area contributed by atoms with Crippen molar-refractivity contribution >= 4 is 21.4 Å². The Kier molecular flexibility index (Phi) is 2.71. The van der Waals surface area contributed by atoms with Crippen molar-refractivity contribution < 1.29 is 13.2 Å². The largest absolute Gasteiger partial charge is 0.308 e. The Hall–Kier alpha value is -1.36. The topological polar surface area (TPSA) is 54.5 Å². The fourth-order valence-corrected chi connectivity index (χ4v) is 5.27. The molecule has 2 saturated heterocycles. The van der Waals surface area contributed by atoms with Crippen LogP contribution in [0, 0.1) is 19.8 Å². The number of hydrogen-bond acceptors (Lipinski definition) is 3. The first-order valence-electron chi connectivity index (χ1n) is 6.48. The first-order chi connectivity index (χ1) is 8.89. The summed E-state index contributed by atoms with van der Waals surface area (Å²) in [6.45, 7) is 3.98. The number of fused-ring (bicyclic) bond motifs is 1. The lowest BCUT2D eigenvalue weighted by Crippen LogP contribution is -2.36. The summed E-state index contributed by atoms with van der Waals surface area (Å²) in [5, 5.41) is 0. The molecule has 3 rings (SSSR count). The van der Waals surface area contributed by atoms with Crippen LogP contribution in [0.25, 0.3) is 0 Å². The van der Waals surface area contributed by atoms with Crippen LogP contribution in [0.4, 0.5) is 5.69 Å². The molecule has 2 aliphatic rings. The monoisotopic (exact) mass is 279 g/mol. The highest BCUT2D eigenvalue weighted by Gasteiger charge is 2.49. The number of carbonyl (C=O) groups is 1. The molecular weight excluding hydrogens is 262 g/mol. The van der Waals surface area contributed by atoms with Crippen molar-refractivity contribution in [2.75, 3.05) is 16.4 Å². The van der Waals surface area contributed by atoms with Crippen LogP contribution in [0.3, 0.4) is 0 Å². The van der Waals surface area contributed by atoms with Crippen molar-refractivity contribution in [1.82, 2.24) is 0 Å². The van der Waals surface area contributed by atoms with Crippen molar-refractivity contribution in [3.05, 3.63) is 29.3 Å². The number of aryl methyl sites for hydroxylation is 1. The Morgan fingerprint density at radius 2 is 1.95 bits per heavy atom. The molecule has 19 heavy (non-hydrogen) atoms. The third kappa shape index (κ3) is 1.96. The van der Waals surface area contributed by atoms with Gasteiger partial charge in [0.1, 0.15) is 0 Å². The van der Waals surface area contributed by atoms with Gasteiger partial charge in [0.2, 0.25) is 5.91 Å². The Balaban J connectivity index is 2.05. The number of carbonyl (C=O) groups excluding carboxylic acids is 1. The molecule has 0 saturated carbocycles. The van der Waals surface area contributed by atoms with E-state index in [9.17, 15) is 13.2 Å². The number of amides is 1. The first-order valence-corrected chi connectivity index (χ1v) is 8.30. The van der Waals surface area contributed by atoms with Gasteiger partial charge in [-0.05, 0) is 31.0 Å². The van der Waals surface area contributed by atoms with E-state index in [2.05, 4.69) is 0 Å². The smallest absolute Gasteiger partial charge is 0.227 e. The molecule has 2 heterocycles. The summed E-state index contributed by atoms with van der Waals surface area (Å²) < 4.78 is 23.5. The highest BCUT2D eigenvalue weighted by Crippen LogP contribution is 2.38. The Morgan fingerprint density at radius 3 is 2.68 bits per heavy atom. The molecule has 2 aliphatic heterocycles. The van der Waals surface area contributed by atoms with E-state index >= 15 is 0 Å². The molecule has 0 spiro atoms. The number of sulfone groups is 1. The summed E-state index contributed by atoms with van der Waals surface area (Å²) >= 11 is 0. The SMILES string of the molecule is Cc1cccc(N2C(=O)C[C@@H]3CS(=O)(=O)C[C@H]32)c1C. The molecule has 102 valence electrons. The average molecular weight is 279 g/mol. The van der Waals surface area contributed by atoms with Crippen LogP contribution >= 0.6 is 0 Å². The lowest BCUT2D eigenvalue weighted by Gasteiger charge is -2.25. The predicted octanol–water partition coefficient (Wildman–Crippen LogP) is 1.45. The van der Waals surface area contributed by atoms with Crippen LogP contribution in [-0.4, -0.2) is 31.9 Å². The molecule has 1 amide bonds. The van der Waals surface area contributed by atoms with Crippen LogP contribution in [0.5, 0.6) is 0 Å². The van der Waals surface area contributed by atoms with Crippen molar-refractivity contribution in [1.29, 1.82) is 0 Å². The highest BCUT2D eigenvalue weighted by molar-refractivity contribution is 7.91. The normalized spacial score (nSPS) is 28.7. The Morgan fingerprint density at radius 1 is 1.21 bits per heavy atom. The maximum Gasteiger partial charge on any atom is 0.227 e. The van der Waals surface area contributed by atoms with Crippen molar-refractivity contribution in [3.63, 3.8) is 0 Å². The summed E-state index contributed by atoms with van der Waals surface area (Å²) in [6.07, 6.45) is 0.358. The molecule has 1 aromatic carbocycles. The van der Waals surface area contributed by atoms with Gasteiger partial charge in [0.05, 0.1) is 17.5 Å². The van der Waals surface area contributed by atoms with E-state index in [1.165, 1.54) is 0 Å². The van der Waals surface area contributed by atoms with Gasteiger partial charge in [-0.2, -0.15) is 0 Å². The minimum absolute atomic E-state index is 0.0302. The minimum atomic E-state index is -2.99.